The van der Waals surface area contributed by atoms with Crippen molar-refractivity contribution < 1.29 is 34.7 Å². The van der Waals surface area contributed by atoms with Crippen LogP contribution >= 0.6 is 11.7 Å². The standard InChI is InChI=1S/C36H54N4O7S/c1-36(2,3)40(24-28(42)25-47-35-34(37-48-38-35)39-19-21-46-22-20-39)33(45)14-10-5-4-9-13-29-30(32(44)23-31(29)43)18-17-27(41)16-15-26-11-7-6-8-12-26/h4,6-9,11-12,17-18,27-32,41-44H,5,10,13-16,19-25H2,1-3H3/t27-,28-,29+,30+,31-,32+/m0/s1. The Bertz CT molecular complexity index is 1290. The molecular formula is C36H54N4O7S. The average Bonchev–Trinajstić information content (AvgIpc) is 3.65. The summed E-state index contributed by atoms with van der Waals surface area (Å²) < 4.78 is 19.8. The highest BCUT2D eigenvalue weighted by molar-refractivity contribution is 6.99. The molecule has 0 unspecified atom stereocenters. The lowest BCUT2D eigenvalue weighted by atomic mass is 9.89. The number of unbranched alkanes of at least 4 members (excludes halogenated alkanes) is 1. The number of hydrogen-bond acceptors (Lipinski definition) is 11. The summed E-state index contributed by atoms with van der Waals surface area (Å²) in [6, 6.07) is 10.0. The van der Waals surface area contributed by atoms with Crippen molar-refractivity contribution in [3.05, 3.63) is 60.2 Å². The summed E-state index contributed by atoms with van der Waals surface area (Å²) in [5.41, 5.74) is 0.690. The highest BCUT2D eigenvalue weighted by Crippen LogP contribution is 2.36. The fraction of sp³-hybridized carbons (Fsp3) is 0.639. The molecule has 266 valence electrons. The molecule has 1 aliphatic carbocycles. The largest absolute Gasteiger partial charge is 0.472 e. The maximum absolute atomic E-state index is 13.3. The molecule has 6 atom stereocenters. The highest BCUT2D eigenvalue weighted by atomic mass is 32.1. The molecule has 2 aliphatic rings. The first-order chi connectivity index (χ1) is 23.0. The molecule has 2 heterocycles. The van der Waals surface area contributed by atoms with Gasteiger partial charge in [-0.25, -0.2) is 0 Å². The van der Waals surface area contributed by atoms with Crippen LogP contribution in [0.3, 0.4) is 0 Å². The maximum atomic E-state index is 13.3. The van der Waals surface area contributed by atoms with E-state index in [1.165, 1.54) is 5.56 Å². The van der Waals surface area contributed by atoms with Crippen LogP contribution in [0.4, 0.5) is 5.82 Å². The van der Waals surface area contributed by atoms with Crippen molar-refractivity contribution in [2.45, 2.75) is 95.7 Å². The van der Waals surface area contributed by atoms with Gasteiger partial charge in [0, 0.05) is 37.4 Å². The molecule has 0 bridgehead atoms. The van der Waals surface area contributed by atoms with E-state index in [9.17, 15) is 25.2 Å². The summed E-state index contributed by atoms with van der Waals surface area (Å²) in [6.07, 6.45) is 8.84. The van der Waals surface area contributed by atoms with Crippen LogP contribution in [0, 0.1) is 11.8 Å². The minimum Gasteiger partial charge on any atom is -0.472 e. The van der Waals surface area contributed by atoms with Crippen LogP contribution in [0.5, 0.6) is 5.88 Å². The van der Waals surface area contributed by atoms with Gasteiger partial charge in [-0.05, 0) is 64.4 Å². The second-order valence-corrected chi connectivity index (χ2v) is 14.3. The minimum atomic E-state index is -0.896. The average molecular weight is 687 g/mol. The van der Waals surface area contributed by atoms with Gasteiger partial charge in [0.25, 0.3) is 5.88 Å². The number of ether oxygens (including phenoxy) is 2. The molecule has 48 heavy (non-hydrogen) atoms. The van der Waals surface area contributed by atoms with Crippen molar-refractivity contribution in [1.29, 1.82) is 0 Å². The Balaban J connectivity index is 1.19. The molecule has 2 fully saturated rings. The molecule has 4 rings (SSSR count). The normalized spacial score (nSPS) is 23.2. The van der Waals surface area contributed by atoms with E-state index in [-0.39, 0.29) is 30.9 Å². The Morgan fingerprint density at radius 2 is 1.88 bits per heavy atom. The third kappa shape index (κ3) is 11.6. The number of carbonyl (C=O) groups excluding carboxylic acids is 1. The van der Waals surface area contributed by atoms with Gasteiger partial charge in [0.1, 0.15) is 12.7 Å². The number of morpholine rings is 1. The third-order valence-corrected chi connectivity index (χ3v) is 9.55. The Morgan fingerprint density at radius 3 is 2.60 bits per heavy atom. The number of aliphatic hydroxyl groups excluding tert-OH is 4. The maximum Gasteiger partial charge on any atom is 0.270 e. The molecular weight excluding hydrogens is 632 g/mol. The molecule has 0 spiro atoms. The van der Waals surface area contributed by atoms with Crippen LogP contribution in [0.1, 0.15) is 64.9 Å². The van der Waals surface area contributed by atoms with E-state index in [1.807, 2.05) is 69.3 Å². The van der Waals surface area contributed by atoms with E-state index in [4.69, 9.17) is 9.47 Å². The van der Waals surface area contributed by atoms with E-state index < -0.39 is 30.0 Å². The number of aliphatic hydroxyl groups is 4. The molecule has 1 aliphatic heterocycles. The van der Waals surface area contributed by atoms with Crippen LogP contribution < -0.4 is 9.64 Å². The van der Waals surface area contributed by atoms with Crippen molar-refractivity contribution in [2.24, 2.45) is 11.8 Å². The SMILES string of the molecule is CC(C)(C)N(C[C@H](O)COc1nsnc1N1CCOCC1)C(=O)CCCC=CC[C@@H]1[C@@H](C=C[C@@H](O)CCc2ccccc2)[C@H](O)C[C@@H]1O. The van der Waals surface area contributed by atoms with Gasteiger partial charge in [-0.15, -0.1) is 4.37 Å². The minimum absolute atomic E-state index is 0.00407. The highest BCUT2D eigenvalue weighted by Gasteiger charge is 2.39. The number of rotatable bonds is 17. The van der Waals surface area contributed by atoms with Crippen molar-refractivity contribution in [3.8, 4) is 5.88 Å². The summed E-state index contributed by atoms with van der Waals surface area (Å²) in [4.78, 5) is 17.0. The van der Waals surface area contributed by atoms with Gasteiger partial charge < -0.3 is 39.7 Å². The first-order valence-corrected chi connectivity index (χ1v) is 17.9. The van der Waals surface area contributed by atoms with Gasteiger partial charge in [-0.3, -0.25) is 4.79 Å². The Hall–Kier alpha value is -2.87. The third-order valence-electron chi connectivity index (χ3n) is 9.05. The summed E-state index contributed by atoms with van der Waals surface area (Å²) in [6.45, 7) is 8.63. The smallest absolute Gasteiger partial charge is 0.270 e. The number of hydrogen-bond donors (Lipinski definition) is 4. The van der Waals surface area contributed by atoms with Crippen molar-refractivity contribution >= 4 is 23.5 Å². The van der Waals surface area contributed by atoms with Crippen molar-refractivity contribution in [1.82, 2.24) is 13.6 Å². The van der Waals surface area contributed by atoms with Gasteiger partial charge in [-0.1, -0.05) is 54.6 Å². The number of nitrogens with zero attached hydrogens (tertiary/aromatic N) is 4. The number of carbonyl (C=O) groups is 1. The zero-order valence-corrected chi connectivity index (χ0v) is 29.4. The first-order valence-electron chi connectivity index (χ1n) is 17.2. The number of benzene rings is 1. The number of aryl methyl sites for hydroxylation is 1. The van der Waals surface area contributed by atoms with Crippen LogP contribution in [0.2, 0.25) is 0 Å². The van der Waals surface area contributed by atoms with Gasteiger partial charge in [-0.2, -0.15) is 4.37 Å². The van der Waals surface area contributed by atoms with Crippen LogP contribution in [0.25, 0.3) is 0 Å². The molecule has 11 nitrogen and oxygen atoms in total. The van der Waals surface area contributed by atoms with Gasteiger partial charge >= 0.3 is 0 Å². The molecule has 1 aromatic heterocycles. The molecule has 1 saturated carbocycles. The van der Waals surface area contributed by atoms with Gasteiger partial charge in [0.05, 0.1) is 49.8 Å². The number of aromatic nitrogens is 2. The zero-order chi connectivity index (χ0) is 34.5. The van der Waals surface area contributed by atoms with Crippen LogP contribution in [-0.2, 0) is 16.0 Å². The molecule has 0 radical (unpaired) electrons. The van der Waals surface area contributed by atoms with Crippen molar-refractivity contribution in [2.75, 3.05) is 44.4 Å². The fourth-order valence-electron chi connectivity index (χ4n) is 6.32. The van der Waals surface area contributed by atoms with E-state index in [1.54, 1.807) is 11.0 Å². The molecule has 2 aromatic rings. The molecule has 1 saturated heterocycles. The monoisotopic (exact) mass is 686 g/mol. The topological polar surface area (TPSA) is 149 Å². The fourth-order valence-corrected chi connectivity index (χ4v) is 6.84. The summed E-state index contributed by atoms with van der Waals surface area (Å²) in [5, 5.41) is 42.5. The van der Waals surface area contributed by atoms with Gasteiger partial charge in [0.2, 0.25) is 11.7 Å². The zero-order valence-electron chi connectivity index (χ0n) is 28.6. The summed E-state index contributed by atoms with van der Waals surface area (Å²) in [5.74, 6) is 0.641. The lowest BCUT2D eigenvalue weighted by Crippen LogP contribution is -2.50. The van der Waals surface area contributed by atoms with Gasteiger partial charge in [0.15, 0.2) is 0 Å². The van der Waals surface area contributed by atoms with Crippen LogP contribution in [0.15, 0.2) is 54.6 Å². The summed E-state index contributed by atoms with van der Waals surface area (Å²) in [7, 11) is 0. The Kier molecular flexibility index (Phi) is 14.8. The molecule has 1 aromatic carbocycles. The van der Waals surface area contributed by atoms with E-state index in [2.05, 4.69) is 13.6 Å². The lowest BCUT2D eigenvalue weighted by Gasteiger charge is -2.37. The second kappa shape index (κ2) is 18.8. The van der Waals surface area contributed by atoms with E-state index in [0.717, 1.165) is 18.1 Å². The Morgan fingerprint density at radius 1 is 1.12 bits per heavy atom. The summed E-state index contributed by atoms with van der Waals surface area (Å²) >= 11 is 1.07. The first kappa shape index (κ1) is 37.9. The molecule has 4 N–H and O–H groups in total. The number of anilines is 1. The predicted octanol–water partition coefficient (Wildman–Crippen LogP) is 3.77. The van der Waals surface area contributed by atoms with Crippen LogP contribution in [-0.4, -0.2) is 109 Å². The van der Waals surface area contributed by atoms with E-state index >= 15 is 0 Å². The Labute approximate surface area is 289 Å². The number of β-amino-alcohol motifs (C(OH)–C–C–N with tert-alkyl or cyclic N) is 1. The molecule has 1 amide bonds. The quantitative estimate of drug-likeness (QED) is 0.143. The van der Waals surface area contributed by atoms with E-state index in [0.29, 0.717) is 76.5 Å². The lowest BCUT2D eigenvalue weighted by molar-refractivity contribution is -0.138. The van der Waals surface area contributed by atoms with Crippen molar-refractivity contribution in [3.63, 3.8) is 0 Å². The number of allylic oxidation sites excluding steroid dienone is 2. The molecule has 12 heteroatoms. The predicted molar refractivity (Wildman–Crippen MR) is 187 cm³/mol. The number of amides is 1. The second-order valence-electron chi connectivity index (χ2n) is 13.8.